The van der Waals surface area contributed by atoms with Crippen LogP contribution in [-0.2, 0) is 0 Å². The van der Waals surface area contributed by atoms with E-state index in [-0.39, 0.29) is 11.7 Å². The van der Waals surface area contributed by atoms with Crippen LogP contribution in [-0.4, -0.2) is 5.91 Å². The van der Waals surface area contributed by atoms with Crippen LogP contribution in [0.25, 0.3) is 0 Å². The minimum atomic E-state index is -0.347. The number of hydrogen-bond donors (Lipinski definition) is 1. The lowest BCUT2D eigenvalue weighted by atomic mass is 10.2. The minimum absolute atomic E-state index is 0.214. The monoisotopic (exact) mass is 361 g/mol. The molecular formula is C12H9FINOS. The maximum atomic E-state index is 13.1. The molecule has 0 unspecified atom stereocenters. The van der Waals surface area contributed by atoms with Crippen LogP contribution in [0.2, 0.25) is 0 Å². The molecule has 2 rings (SSSR count). The summed E-state index contributed by atoms with van der Waals surface area (Å²) in [4.78, 5) is 11.8. The highest BCUT2D eigenvalue weighted by Gasteiger charge is 2.08. The van der Waals surface area contributed by atoms with Gasteiger partial charge in [-0.3, -0.25) is 4.79 Å². The minimum Gasteiger partial charge on any atom is -0.322 e. The summed E-state index contributed by atoms with van der Waals surface area (Å²) in [5, 5.41) is 4.46. The normalized spacial score (nSPS) is 10.3. The number of rotatable bonds is 2. The smallest absolute Gasteiger partial charge is 0.256 e. The van der Waals surface area contributed by atoms with Crippen LogP contribution in [0.3, 0.4) is 0 Å². The van der Waals surface area contributed by atoms with Crippen molar-refractivity contribution in [2.75, 3.05) is 5.32 Å². The van der Waals surface area contributed by atoms with Gasteiger partial charge < -0.3 is 5.32 Å². The van der Waals surface area contributed by atoms with Crippen LogP contribution < -0.4 is 5.32 Å². The zero-order valence-corrected chi connectivity index (χ0v) is 11.9. The number of aryl methyl sites for hydroxylation is 1. The standard InChI is InChI=1S/C12H9FINOS/c1-7-2-9(13)5-10(3-7)15-12(16)8-4-11(14)17-6-8/h2-6H,1H3,(H,15,16). The van der Waals surface area contributed by atoms with Crippen molar-refractivity contribution in [3.63, 3.8) is 0 Å². The van der Waals surface area contributed by atoms with Crippen molar-refractivity contribution < 1.29 is 9.18 Å². The number of thiophene rings is 1. The predicted octanol–water partition coefficient (Wildman–Crippen LogP) is 4.05. The zero-order chi connectivity index (χ0) is 12.4. The molecular weight excluding hydrogens is 352 g/mol. The summed E-state index contributed by atoms with van der Waals surface area (Å²) in [5.41, 5.74) is 1.86. The highest BCUT2D eigenvalue weighted by atomic mass is 127. The first kappa shape index (κ1) is 12.5. The lowest BCUT2D eigenvalue weighted by Crippen LogP contribution is -2.11. The van der Waals surface area contributed by atoms with Gasteiger partial charge in [-0.1, -0.05) is 0 Å². The summed E-state index contributed by atoms with van der Waals surface area (Å²) in [7, 11) is 0. The Hall–Kier alpha value is -0.950. The van der Waals surface area contributed by atoms with Crippen LogP contribution in [0, 0.1) is 15.6 Å². The van der Waals surface area contributed by atoms with E-state index in [0.717, 1.165) is 8.45 Å². The second-order valence-electron chi connectivity index (χ2n) is 3.61. The van der Waals surface area contributed by atoms with Crippen molar-refractivity contribution in [3.05, 3.63) is 49.5 Å². The number of nitrogens with one attached hydrogen (secondary N) is 1. The number of anilines is 1. The van der Waals surface area contributed by atoms with Gasteiger partial charge in [0.15, 0.2) is 0 Å². The van der Waals surface area contributed by atoms with E-state index in [1.165, 1.54) is 23.5 Å². The average Bonchev–Trinajstić information content (AvgIpc) is 2.63. The van der Waals surface area contributed by atoms with E-state index in [1.54, 1.807) is 24.4 Å². The number of hydrogen-bond acceptors (Lipinski definition) is 2. The Balaban J connectivity index is 2.18. The fraction of sp³-hybridized carbons (Fsp3) is 0.0833. The number of carbonyl (C=O) groups is 1. The molecule has 0 radical (unpaired) electrons. The second kappa shape index (κ2) is 5.14. The SMILES string of the molecule is Cc1cc(F)cc(NC(=O)c2csc(I)c2)c1. The molecule has 0 atom stereocenters. The summed E-state index contributed by atoms with van der Waals surface area (Å²) < 4.78 is 14.2. The molecule has 2 nitrogen and oxygen atoms in total. The van der Waals surface area contributed by atoms with Gasteiger partial charge in [-0.2, -0.15) is 0 Å². The first-order valence-electron chi connectivity index (χ1n) is 4.87. The number of carbonyl (C=O) groups excluding carboxylic acids is 1. The first-order chi connectivity index (χ1) is 8.04. The summed E-state index contributed by atoms with van der Waals surface area (Å²) in [6.07, 6.45) is 0. The van der Waals surface area contributed by atoms with Crippen LogP contribution in [0.1, 0.15) is 15.9 Å². The molecule has 0 spiro atoms. The number of benzene rings is 1. The molecule has 1 amide bonds. The highest BCUT2D eigenvalue weighted by molar-refractivity contribution is 14.1. The highest BCUT2D eigenvalue weighted by Crippen LogP contribution is 2.19. The lowest BCUT2D eigenvalue weighted by Gasteiger charge is -2.05. The van der Waals surface area contributed by atoms with Crippen LogP contribution in [0.5, 0.6) is 0 Å². The molecule has 1 heterocycles. The summed E-state index contributed by atoms with van der Waals surface area (Å²) in [6.45, 7) is 1.78. The number of amides is 1. The van der Waals surface area contributed by atoms with Crippen LogP contribution in [0.15, 0.2) is 29.6 Å². The van der Waals surface area contributed by atoms with E-state index in [4.69, 9.17) is 0 Å². The Bertz CT molecular complexity index is 547. The third-order valence-electron chi connectivity index (χ3n) is 2.13. The van der Waals surface area contributed by atoms with E-state index >= 15 is 0 Å². The molecule has 1 N–H and O–H groups in total. The summed E-state index contributed by atoms with van der Waals surface area (Å²) in [6, 6.07) is 6.26. The molecule has 0 aliphatic carbocycles. The van der Waals surface area contributed by atoms with Gasteiger partial charge in [-0.15, -0.1) is 11.3 Å². The molecule has 2 aromatic rings. The maximum absolute atomic E-state index is 13.1. The molecule has 17 heavy (non-hydrogen) atoms. The Morgan fingerprint density at radius 1 is 1.35 bits per heavy atom. The molecule has 88 valence electrons. The van der Waals surface area contributed by atoms with Crippen LogP contribution >= 0.6 is 33.9 Å². The van der Waals surface area contributed by atoms with E-state index in [0.29, 0.717) is 11.3 Å². The molecule has 5 heteroatoms. The van der Waals surface area contributed by atoms with Gasteiger partial charge in [0.25, 0.3) is 5.91 Å². The second-order valence-corrected chi connectivity index (χ2v) is 6.42. The fourth-order valence-electron chi connectivity index (χ4n) is 1.44. The Morgan fingerprint density at radius 2 is 2.12 bits per heavy atom. The molecule has 0 saturated carbocycles. The van der Waals surface area contributed by atoms with Gasteiger partial charge in [0.1, 0.15) is 5.82 Å². The van der Waals surface area contributed by atoms with Crippen molar-refractivity contribution in [2.24, 2.45) is 0 Å². The van der Waals surface area contributed by atoms with Gasteiger partial charge in [-0.05, 0) is 59.3 Å². The Labute approximate surface area is 116 Å². The third kappa shape index (κ3) is 3.26. The molecule has 1 aromatic carbocycles. The van der Waals surface area contributed by atoms with Gasteiger partial charge in [0, 0.05) is 11.1 Å². The number of halogens is 2. The van der Waals surface area contributed by atoms with Crippen molar-refractivity contribution in [1.29, 1.82) is 0 Å². The van der Waals surface area contributed by atoms with Crippen LogP contribution in [0.4, 0.5) is 10.1 Å². The Morgan fingerprint density at radius 3 is 2.71 bits per heavy atom. The molecule has 0 aliphatic rings. The van der Waals surface area contributed by atoms with Crippen molar-refractivity contribution in [2.45, 2.75) is 6.92 Å². The molecule has 1 aromatic heterocycles. The first-order valence-corrected chi connectivity index (χ1v) is 6.83. The topological polar surface area (TPSA) is 29.1 Å². The van der Waals surface area contributed by atoms with Crippen molar-refractivity contribution >= 4 is 45.5 Å². The van der Waals surface area contributed by atoms with E-state index in [1.807, 2.05) is 0 Å². The summed E-state index contributed by atoms with van der Waals surface area (Å²) in [5.74, 6) is -0.561. The van der Waals surface area contributed by atoms with Gasteiger partial charge in [0.05, 0.1) is 8.45 Å². The zero-order valence-electron chi connectivity index (χ0n) is 8.96. The predicted molar refractivity (Wildman–Crippen MR) is 76.1 cm³/mol. The van der Waals surface area contributed by atoms with Gasteiger partial charge in [0.2, 0.25) is 0 Å². The van der Waals surface area contributed by atoms with E-state index < -0.39 is 0 Å². The van der Waals surface area contributed by atoms with E-state index in [9.17, 15) is 9.18 Å². The molecule has 0 fully saturated rings. The maximum Gasteiger partial charge on any atom is 0.256 e. The van der Waals surface area contributed by atoms with Crippen molar-refractivity contribution in [1.82, 2.24) is 0 Å². The van der Waals surface area contributed by atoms with Gasteiger partial charge >= 0.3 is 0 Å². The quantitative estimate of drug-likeness (QED) is 0.804. The third-order valence-corrected chi connectivity index (χ3v) is 3.92. The largest absolute Gasteiger partial charge is 0.322 e. The molecule has 0 aliphatic heterocycles. The van der Waals surface area contributed by atoms with E-state index in [2.05, 4.69) is 27.9 Å². The summed E-state index contributed by atoms with van der Waals surface area (Å²) >= 11 is 3.66. The van der Waals surface area contributed by atoms with Gasteiger partial charge in [-0.25, -0.2) is 4.39 Å². The Kier molecular flexibility index (Phi) is 3.78. The average molecular weight is 361 g/mol. The molecule has 0 bridgehead atoms. The fourth-order valence-corrected chi connectivity index (χ4v) is 2.77. The molecule has 0 saturated heterocycles. The lowest BCUT2D eigenvalue weighted by molar-refractivity contribution is 0.102. The van der Waals surface area contributed by atoms with Crippen molar-refractivity contribution in [3.8, 4) is 0 Å².